The summed E-state index contributed by atoms with van der Waals surface area (Å²) in [5, 5.41) is 3.87. The van der Waals surface area contributed by atoms with Crippen LogP contribution < -0.4 is 4.74 Å². The van der Waals surface area contributed by atoms with Gasteiger partial charge in [-0.05, 0) is 38.1 Å². The highest BCUT2D eigenvalue weighted by Gasteiger charge is 2.27. The number of halogens is 1. The van der Waals surface area contributed by atoms with E-state index in [1.54, 1.807) is 24.3 Å². The number of allylic oxidation sites excluding steroid dienone is 4. The van der Waals surface area contributed by atoms with Gasteiger partial charge in [-0.25, -0.2) is 4.39 Å². The van der Waals surface area contributed by atoms with Crippen LogP contribution in [0.25, 0.3) is 0 Å². The Balaban J connectivity index is 2.31. The minimum atomic E-state index is -0.450. The summed E-state index contributed by atoms with van der Waals surface area (Å²) in [6, 6.07) is 4.71. The molecule has 1 heterocycles. The normalized spacial score (nSPS) is 18.5. The molecule has 2 rings (SSSR count). The zero-order valence-electron chi connectivity index (χ0n) is 12.2. The second-order valence-electron chi connectivity index (χ2n) is 4.68. The van der Waals surface area contributed by atoms with Crippen LogP contribution >= 0.6 is 0 Å². The first-order valence-corrected chi connectivity index (χ1v) is 6.76. The van der Waals surface area contributed by atoms with Gasteiger partial charge in [0.2, 0.25) is 0 Å². The number of hydrogen-bond donors (Lipinski definition) is 0. The maximum absolute atomic E-state index is 14.2. The summed E-state index contributed by atoms with van der Waals surface area (Å²) in [6.45, 7) is 7.45. The van der Waals surface area contributed by atoms with Crippen LogP contribution in [0.15, 0.2) is 60.0 Å². The highest BCUT2D eigenvalue weighted by Crippen LogP contribution is 2.36. The minimum absolute atomic E-state index is 0.364. The molecule has 1 aromatic rings. The Labute approximate surface area is 124 Å². The van der Waals surface area contributed by atoms with Crippen molar-refractivity contribution >= 4 is 5.71 Å². The Bertz CT molecular complexity index is 617. The van der Waals surface area contributed by atoms with E-state index in [9.17, 15) is 4.39 Å². The molecule has 1 aromatic carbocycles. The third kappa shape index (κ3) is 3.60. The average molecular weight is 287 g/mol. The van der Waals surface area contributed by atoms with E-state index in [-0.39, 0.29) is 5.82 Å². The molecule has 1 atom stereocenters. The van der Waals surface area contributed by atoms with E-state index >= 15 is 0 Å². The zero-order valence-corrected chi connectivity index (χ0v) is 12.2. The Hall–Kier alpha value is -2.36. The quantitative estimate of drug-likeness (QED) is 0.581. The van der Waals surface area contributed by atoms with Gasteiger partial charge in [-0.3, -0.25) is 0 Å². The van der Waals surface area contributed by atoms with Gasteiger partial charge in [0.15, 0.2) is 6.10 Å². The molecule has 1 aliphatic rings. The van der Waals surface area contributed by atoms with Crippen molar-refractivity contribution in [3.8, 4) is 5.75 Å². The van der Waals surface area contributed by atoms with Crippen molar-refractivity contribution in [3.63, 3.8) is 0 Å². The summed E-state index contributed by atoms with van der Waals surface area (Å²) in [6.07, 6.45) is 7.14. The van der Waals surface area contributed by atoms with Crippen LogP contribution in [-0.4, -0.2) is 5.71 Å². The molecule has 0 aliphatic carbocycles. The Morgan fingerprint density at radius 1 is 1.52 bits per heavy atom. The molecule has 0 N–H and O–H groups in total. The van der Waals surface area contributed by atoms with Gasteiger partial charge in [-0.1, -0.05) is 30.0 Å². The molecule has 0 radical (unpaired) electrons. The highest BCUT2D eigenvalue weighted by atomic mass is 19.1. The van der Waals surface area contributed by atoms with Crippen molar-refractivity contribution in [2.24, 2.45) is 5.16 Å². The van der Waals surface area contributed by atoms with Gasteiger partial charge in [0.1, 0.15) is 17.3 Å². The van der Waals surface area contributed by atoms with E-state index in [0.717, 1.165) is 5.71 Å². The predicted octanol–water partition coefficient (Wildman–Crippen LogP) is 4.69. The highest BCUT2D eigenvalue weighted by molar-refractivity contribution is 5.83. The molecule has 0 bridgehead atoms. The summed E-state index contributed by atoms with van der Waals surface area (Å²) >= 11 is 0. The predicted molar refractivity (Wildman–Crippen MR) is 81.7 cm³/mol. The molecule has 3 nitrogen and oxygen atoms in total. The molecular formula is C17H18FNO2. The molecule has 0 saturated carbocycles. The van der Waals surface area contributed by atoms with Gasteiger partial charge in [0.05, 0.1) is 11.3 Å². The maximum atomic E-state index is 14.2. The van der Waals surface area contributed by atoms with Gasteiger partial charge >= 0.3 is 0 Å². The first kappa shape index (κ1) is 15.0. The van der Waals surface area contributed by atoms with Gasteiger partial charge in [0, 0.05) is 6.42 Å². The topological polar surface area (TPSA) is 30.8 Å². The van der Waals surface area contributed by atoms with E-state index in [1.165, 1.54) is 6.07 Å². The molecule has 0 fully saturated rings. The van der Waals surface area contributed by atoms with Gasteiger partial charge in [-0.15, -0.1) is 0 Å². The van der Waals surface area contributed by atoms with Crippen LogP contribution in [0.3, 0.4) is 0 Å². The first-order chi connectivity index (χ1) is 10.2. The van der Waals surface area contributed by atoms with Crippen molar-refractivity contribution in [2.45, 2.75) is 26.4 Å². The van der Waals surface area contributed by atoms with Crippen LogP contribution in [0.2, 0.25) is 0 Å². The van der Waals surface area contributed by atoms with Crippen LogP contribution in [0.4, 0.5) is 4.39 Å². The monoisotopic (exact) mass is 287 g/mol. The SMILES string of the molecule is C=C/C(=C\C=C/C)Oc1cccc(F)c1[C@H]1CC(C)=NO1. The second kappa shape index (κ2) is 6.88. The van der Waals surface area contributed by atoms with E-state index in [0.29, 0.717) is 23.5 Å². The van der Waals surface area contributed by atoms with E-state index < -0.39 is 6.10 Å². The number of nitrogens with zero attached hydrogens (tertiary/aromatic N) is 1. The van der Waals surface area contributed by atoms with Crippen LogP contribution in [0.5, 0.6) is 5.75 Å². The lowest BCUT2D eigenvalue weighted by Crippen LogP contribution is -2.05. The molecule has 1 aliphatic heterocycles. The first-order valence-electron chi connectivity index (χ1n) is 6.76. The third-order valence-electron chi connectivity index (χ3n) is 3.03. The molecule has 21 heavy (non-hydrogen) atoms. The summed E-state index contributed by atoms with van der Waals surface area (Å²) < 4.78 is 19.9. The standard InChI is InChI=1S/C17H18FNO2/c1-4-6-8-13(5-2)20-15-10-7-9-14(18)17(15)16-11-12(3)19-21-16/h4-10,16H,2,11H2,1,3H3/b6-4-,13-8+/t16-/m1/s1. The molecule has 0 saturated heterocycles. The maximum Gasteiger partial charge on any atom is 0.164 e. The molecule has 0 aromatic heterocycles. The third-order valence-corrected chi connectivity index (χ3v) is 3.03. The molecule has 0 unspecified atom stereocenters. The average Bonchev–Trinajstić information content (AvgIpc) is 2.89. The van der Waals surface area contributed by atoms with Crippen molar-refractivity contribution in [3.05, 3.63) is 66.2 Å². The molecular weight excluding hydrogens is 269 g/mol. The lowest BCUT2D eigenvalue weighted by molar-refractivity contribution is 0.0810. The lowest BCUT2D eigenvalue weighted by Gasteiger charge is -2.16. The summed E-state index contributed by atoms with van der Waals surface area (Å²) in [5.41, 5.74) is 1.22. The van der Waals surface area contributed by atoms with Crippen LogP contribution in [0.1, 0.15) is 31.9 Å². The van der Waals surface area contributed by atoms with E-state index in [4.69, 9.17) is 9.57 Å². The smallest absolute Gasteiger partial charge is 0.164 e. The van der Waals surface area contributed by atoms with Crippen LogP contribution in [-0.2, 0) is 4.84 Å². The largest absolute Gasteiger partial charge is 0.457 e. The number of hydrogen-bond acceptors (Lipinski definition) is 3. The second-order valence-corrected chi connectivity index (χ2v) is 4.68. The van der Waals surface area contributed by atoms with Crippen LogP contribution in [0, 0.1) is 5.82 Å². The summed E-state index contributed by atoms with van der Waals surface area (Å²) in [4.78, 5) is 5.28. The summed E-state index contributed by atoms with van der Waals surface area (Å²) in [5.74, 6) is 0.591. The van der Waals surface area contributed by atoms with Crippen molar-refractivity contribution in [2.75, 3.05) is 0 Å². The Morgan fingerprint density at radius 2 is 2.33 bits per heavy atom. The zero-order chi connectivity index (χ0) is 15.2. The molecule has 0 amide bonds. The fraction of sp³-hybridized carbons (Fsp3) is 0.235. The van der Waals surface area contributed by atoms with E-state index in [2.05, 4.69) is 11.7 Å². The Kier molecular flexibility index (Phi) is 4.93. The minimum Gasteiger partial charge on any atom is -0.457 e. The van der Waals surface area contributed by atoms with Gasteiger partial charge in [-0.2, -0.15) is 0 Å². The van der Waals surface area contributed by atoms with Crippen molar-refractivity contribution < 1.29 is 14.0 Å². The van der Waals surface area contributed by atoms with Crippen molar-refractivity contribution in [1.29, 1.82) is 0 Å². The van der Waals surface area contributed by atoms with E-state index in [1.807, 2.05) is 26.0 Å². The van der Waals surface area contributed by atoms with Crippen molar-refractivity contribution in [1.82, 2.24) is 0 Å². The number of ether oxygens (including phenoxy) is 1. The lowest BCUT2D eigenvalue weighted by atomic mass is 10.0. The fourth-order valence-electron chi connectivity index (χ4n) is 2.03. The summed E-state index contributed by atoms with van der Waals surface area (Å²) in [7, 11) is 0. The molecule has 0 spiro atoms. The molecule has 4 heteroatoms. The number of benzene rings is 1. The number of rotatable bonds is 5. The Morgan fingerprint density at radius 3 is 2.95 bits per heavy atom. The van der Waals surface area contributed by atoms with Gasteiger partial charge < -0.3 is 9.57 Å². The van der Waals surface area contributed by atoms with Gasteiger partial charge in [0.25, 0.3) is 0 Å². The number of oxime groups is 1. The fourth-order valence-corrected chi connectivity index (χ4v) is 2.03. The molecule has 110 valence electrons.